The quantitative estimate of drug-likeness (QED) is 0.809. The molecule has 0 unspecified atom stereocenters. The van der Waals surface area contributed by atoms with Crippen molar-refractivity contribution in [3.8, 4) is 0 Å². The number of benzene rings is 1. The number of Topliss-reactive ketones (excluding diaryl/α,β-unsaturated/α-hetero) is 1. The van der Waals surface area contributed by atoms with Crippen LogP contribution in [0.25, 0.3) is 0 Å². The molecule has 1 aliphatic rings. The van der Waals surface area contributed by atoms with Crippen LogP contribution >= 0.6 is 11.6 Å². The molecular formula is C12H15ClN2O. The molecule has 0 amide bonds. The van der Waals surface area contributed by atoms with Crippen LogP contribution < -0.4 is 5.32 Å². The minimum absolute atomic E-state index is 0.165. The number of hydrogen-bond donors (Lipinski definition) is 1. The molecule has 3 nitrogen and oxygen atoms in total. The number of hydrogen-bond acceptors (Lipinski definition) is 3. The standard InChI is InChI=1S/C12H15ClN2O/c13-11-3-1-10(2-4-11)12(16)9-15-7-5-14-6-8-15/h1-4,14H,5-9H2. The Bertz CT molecular complexity index is 358. The molecule has 2 rings (SSSR count). The first-order valence-electron chi connectivity index (χ1n) is 5.47. The summed E-state index contributed by atoms with van der Waals surface area (Å²) in [7, 11) is 0. The molecule has 1 saturated heterocycles. The van der Waals surface area contributed by atoms with Crippen LogP contribution in [0.3, 0.4) is 0 Å². The summed E-state index contributed by atoms with van der Waals surface area (Å²) >= 11 is 5.78. The lowest BCUT2D eigenvalue weighted by molar-refractivity contribution is 0.0921. The maximum Gasteiger partial charge on any atom is 0.176 e. The molecule has 0 aromatic heterocycles. The van der Waals surface area contributed by atoms with Crippen molar-refractivity contribution in [1.29, 1.82) is 0 Å². The third kappa shape index (κ3) is 3.04. The number of nitrogens with zero attached hydrogens (tertiary/aromatic N) is 1. The summed E-state index contributed by atoms with van der Waals surface area (Å²) in [5.74, 6) is 0.165. The fourth-order valence-electron chi connectivity index (χ4n) is 1.80. The van der Waals surface area contributed by atoms with Crippen LogP contribution in [-0.2, 0) is 0 Å². The number of halogens is 1. The Balaban J connectivity index is 1.94. The fourth-order valence-corrected chi connectivity index (χ4v) is 1.93. The zero-order valence-electron chi connectivity index (χ0n) is 9.08. The number of carbonyl (C=O) groups excluding carboxylic acids is 1. The monoisotopic (exact) mass is 238 g/mol. The molecule has 86 valence electrons. The zero-order chi connectivity index (χ0) is 11.4. The fraction of sp³-hybridized carbons (Fsp3) is 0.417. The van der Waals surface area contributed by atoms with Crippen LogP contribution in [0.15, 0.2) is 24.3 Å². The van der Waals surface area contributed by atoms with Gasteiger partial charge in [-0.1, -0.05) is 11.6 Å². The molecule has 0 aliphatic carbocycles. The van der Waals surface area contributed by atoms with Gasteiger partial charge in [0, 0.05) is 36.8 Å². The zero-order valence-corrected chi connectivity index (χ0v) is 9.83. The summed E-state index contributed by atoms with van der Waals surface area (Å²) in [6.45, 7) is 4.32. The van der Waals surface area contributed by atoms with Gasteiger partial charge in [0.1, 0.15) is 0 Å². The first-order chi connectivity index (χ1) is 7.75. The Labute approximate surface area is 100 Å². The van der Waals surface area contributed by atoms with Crippen molar-refractivity contribution < 1.29 is 4.79 Å². The molecule has 0 atom stereocenters. The summed E-state index contributed by atoms with van der Waals surface area (Å²) in [5, 5.41) is 3.93. The number of ketones is 1. The third-order valence-electron chi connectivity index (χ3n) is 2.74. The first kappa shape index (κ1) is 11.6. The molecule has 1 aliphatic heterocycles. The SMILES string of the molecule is O=C(CN1CCNCC1)c1ccc(Cl)cc1. The van der Waals surface area contributed by atoms with E-state index in [9.17, 15) is 4.79 Å². The smallest absolute Gasteiger partial charge is 0.176 e. The average molecular weight is 239 g/mol. The highest BCUT2D eigenvalue weighted by Gasteiger charge is 2.14. The van der Waals surface area contributed by atoms with E-state index >= 15 is 0 Å². The number of piperazine rings is 1. The van der Waals surface area contributed by atoms with Crippen molar-refractivity contribution >= 4 is 17.4 Å². The highest BCUT2D eigenvalue weighted by atomic mass is 35.5. The van der Waals surface area contributed by atoms with Crippen molar-refractivity contribution in [3.05, 3.63) is 34.9 Å². The van der Waals surface area contributed by atoms with Gasteiger partial charge in [-0.15, -0.1) is 0 Å². The Morgan fingerprint density at radius 2 is 1.88 bits per heavy atom. The lowest BCUT2D eigenvalue weighted by Gasteiger charge is -2.26. The molecule has 1 aromatic rings. The summed E-state index contributed by atoms with van der Waals surface area (Å²) in [6, 6.07) is 7.08. The van der Waals surface area contributed by atoms with E-state index < -0.39 is 0 Å². The van der Waals surface area contributed by atoms with E-state index in [1.54, 1.807) is 24.3 Å². The number of nitrogens with one attached hydrogen (secondary N) is 1. The molecule has 0 bridgehead atoms. The highest BCUT2D eigenvalue weighted by molar-refractivity contribution is 6.30. The Morgan fingerprint density at radius 3 is 2.50 bits per heavy atom. The average Bonchev–Trinajstić information content (AvgIpc) is 2.31. The maximum absolute atomic E-state index is 11.9. The predicted octanol–water partition coefficient (Wildman–Crippen LogP) is 1.43. The van der Waals surface area contributed by atoms with Gasteiger partial charge in [-0.3, -0.25) is 9.69 Å². The molecule has 0 saturated carbocycles. The van der Waals surface area contributed by atoms with Crippen molar-refractivity contribution in [2.24, 2.45) is 0 Å². The molecular weight excluding hydrogens is 224 g/mol. The van der Waals surface area contributed by atoms with E-state index in [1.807, 2.05) is 0 Å². The van der Waals surface area contributed by atoms with E-state index in [1.165, 1.54) is 0 Å². The molecule has 1 aromatic carbocycles. The van der Waals surface area contributed by atoms with Crippen LogP contribution in [0.5, 0.6) is 0 Å². The third-order valence-corrected chi connectivity index (χ3v) is 3.00. The molecule has 1 fully saturated rings. The van der Waals surface area contributed by atoms with Crippen molar-refractivity contribution in [1.82, 2.24) is 10.2 Å². The van der Waals surface area contributed by atoms with Gasteiger partial charge in [0.15, 0.2) is 5.78 Å². The van der Waals surface area contributed by atoms with Crippen molar-refractivity contribution in [3.63, 3.8) is 0 Å². The van der Waals surface area contributed by atoms with E-state index in [0.29, 0.717) is 11.6 Å². The normalized spacial score (nSPS) is 17.3. The lowest BCUT2D eigenvalue weighted by atomic mass is 10.1. The van der Waals surface area contributed by atoms with Gasteiger partial charge in [0.05, 0.1) is 6.54 Å². The summed E-state index contributed by atoms with van der Waals surface area (Å²) in [5.41, 5.74) is 0.739. The second-order valence-corrected chi connectivity index (χ2v) is 4.39. The number of rotatable bonds is 3. The van der Waals surface area contributed by atoms with E-state index in [4.69, 9.17) is 11.6 Å². The van der Waals surface area contributed by atoms with Gasteiger partial charge in [0.25, 0.3) is 0 Å². The minimum Gasteiger partial charge on any atom is -0.314 e. The first-order valence-corrected chi connectivity index (χ1v) is 5.85. The molecule has 16 heavy (non-hydrogen) atoms. The molecule has 4 heteroatoms. The molecule has 1 N–H and O–H groups in total. The van der Waals surface area contributed by atoms with Crippen LogP contribution in [0.4, 0.5) is 0 Å². The number of carbonyl (C=O) groups is 1. The highest BCUT2D eigenvalue weighted by Crippen LogP contribution is 2.10. The van der Waals surface area contributed by atoms with Gasteiger partial charge in [-0.2, -0.15) is 0 Å². The summed E-state index contributed by atoms with van der Waals surface area (Å²) < 4.78 is 0. The van der Waals surface area contributed by atoms with Crippen molar-refractivity contribution in [2.45, 2.75) is 0 Å². The van der Waals surface area contributed by atoms with Gasteiger partial charge in [-0.25, -0.2) is 0 Å². The Kier molecular flexibility index (Phi) is 3.93. The van der Waals surface area contributed by atoms with Gasteiger partial charge in [-0.05, 0) is 24.3 Å². The van der Waals surface area contributed by atoms with Gasteiger partial charge < -0.3 is 5.32 Å². The van der Waals surface area contributed by atoms with Gasteiger partial charge >= 0.3 is 0 Å². The molecule has 0 spiro atoms. The topological polar surface area (TPSA) is 32.3 Å². The van der Waals surface area contributed by atoms with Gasteiger partial charge in [0.2, 0.25) is 0 Å². The largest absolute Gasteiger partial charge is 0.314 e. The van der Waals surface area contributed by atoms with Crippen molar-refractivity contribution in [2.75, 3.05) is 32.7 Å². The Morgan fingerprint density at radius 1 is 1.25 bits per heavy atom. The van der Waals surface area contributed by atoms with E-state index in [-0.39, 0.29) is 5.78 Å². The maximum atomic E-state index is 11.9. The van der Waals surface area contributed by atoms with Crippen LogP contribution in [0.1, 0.15) is 10.4 Å². The van der Waals surface area contributed by atoms with E-state index in [2.05, 4.69) is 10.2 Å². The van der Waals surface area contributed by atoms with Crippen LogP contribution in [-0.4, -0.2) is 43.4 Å². The lowest BCUT2D eigenvalue weighted by Crippen LogP contribution is -2.45. The van der Waals surface area contributed by atoms with Crippen LogP contribution in [0.2, 0.25) is 5.02 Å². The second-order valence-electron chi connectivity index (χ2n) is 3.96. The molecule has 1 heterocycles. The second kappa shape index (κ2) is 5.43. The summed E-state index contributed by atoms with van der Waals surface area (Å²) in [6.07, 6.45) is 0. The van der Waals surface area contributed by atoms with Crippen LogP contribution in [0, 0.1) is 0 Å². The summed E-state index contributed by atoms with van der Waals surface area (Å²) in [4.78, 5) is 14.1. The van der Waals surface area contributed by atoms with E-state index in [0.717, 1.165) is 31.7 Å². The minimum atomic E-state index is 0.165. The predicted molar refractivity (Wildman–Crippen MR) is 65.1 cm³/mol. The Hall–Kier alpha value is -0.900. The molecule has 0 radical (unpaired) electrons.